The van der Waals surface area contributed by atoms with Crippen LogP contribution in [0.5, 0.6) is 0 Å². The predicted molar refractivity (Wildman–Crippen MR) is 146 cm³/mol. The van der Waals surface area contributed by atoms with E-state index in [0.29, 0.717) is 41.6 Å². The third-order valence-electron chi connectivity index (χ3n) is 8.50. The zero-order chi connectivity index (χ0) is 31.2. The number of aromatic nitrogens is 6. The molecule has 4 N–H and O–H groups in total. The van der Waals surface area contributed by atoms with Gasteiger partial charge >= 0.3 is 11.8 Å². The molecule has 0 saturated heterocycles. The van der Waals surface area contributed by atoms with Gasteiger partial charge in [-0.05, 0) is 62.5 Å². The molecule has 4 unspecified atom stereocenters. The van der Waals surface area contributed by atoms with E-state index in [1.807, 2.05) is 6.07 Å². The van der Waals surface area contributed by atoms with E-state index in [9.17, 15) is 14.4 Å². The van der Waals surface area contributed by atoms with Gasteiger partial charge in [-0.15, -0.1) is 0 Å². The van der Waals surface area contributed by atoms with Gasteiger partial charge in [0.2, 0.25) is 5.91 Å². The lowest BCUT2D eigenvalue weighted by Gasteiger charge is -2.16. The van der Waals surface area contributed by atoms with Crippen LogP contribution in [-0.4, -0.2) is 54.0 Å². The van der Waals surface area contributed by atoms with Crippen LogP contribution in [0.15, 0.2) is 35.4 Å². The number of carbonyl (C=O) groups is 2. The molecule has 0 aromatic carbocycles. The number of rotatable bonds is 7. The number of hydrogen-bond donors (Lipinski definition) is 3. The maximum Gasteiger partial charge on any atom is 0.407 e. The van der Waals surface area contributed by atoms with Crippen LogP contribution in [-0.2, 0) is 22.0 Å². The molecule has 13 heteroatoms. The molecule has 4 aromatic heterocycles. The summed E-state index contributed by atoms with van der Waals surface area (Å²) in [5.74, 6) is 0.878. The summed E-state index contributed by atoms with van der Waals surface area (Å²) >= 11 is 0. The van der Waals surface area contributed by atoms with E-state index in [1.54, 1.807) is 23.0 Å². The van der Waals surface area contributed by atoms with Crippen LogP contribution < -0.4 is 22.1 Å². The van der Waals surface area contributed by atoms with Crippen molar-refractivity contribution in [2.75, 3.05) is 12.4 Å². The summed E-state index contributed by atoms with van der Waals surface area (Å²) in [5.41, 5.74) is 5.14. The van der Waals surface area contributed by atoms with E-state index in [0.717, 1.165) is 22.8 Å². The first kappa shape index (κ1) is 20.5. The van der Waals surface area contributed by atoms with Crippen molar-refractivity contribution in [1.82, 2.24) is 34.2 Å². The largest absolute Gasteiger partial charge is 0.453 e. The summed E-state index contributed by atoms with van der Waals surface area (Å²) < 4.78 is 41.0. The number of nitrogens with zero attached hydrogens (tertiary/aromatic N) is 6. The Kier molecular flexibility index (Phi) is 4.50. The molecule has 3 aliphatic carbocycles. The highest BCUT2D eigenvalue weighted by atomic mass is 16.5. The Hall–Kier alpha value is -4.42. The van der Waals surface area contributed by atoms with Gasteiger partial charge in [-0.3, -0.25) is 13.9 Å². The molecule has 0 aliphatic heterocycles. The zero-order valence-corrected chi connectivity index (χ0v) is 21.8. The van der Waals surface area contributed by atoms with Gasteiger partial charge in [0.05, 0.1) is 31.9 Å². The van der Waals surface area contributed by atoms with Gasteiger partial charge in [0, 0.05) is 34.6 Å². The number of amides is 2. The lowest BCUT2D eigenvalue weighted by molar-refractivity contribution is -0.123. The van der Waals surface area contributed by atoms with Crippen LogP contribution >= 0.6 is 0 Å². The zero-order valence-electron chi connectivity index (χ0n) is 25.8. The molecule has 4 atom stereocenters. The van der Waals surface area contributed by atoms with Gasteiger partial charge in [0.15, 0.2) is 5.65 Å². The maximum absolute atomic E-state index is 13.6. The third kappa shape index (κ3) is 3.74. The lowest BCUT2D eigenvalue weighted by Crippen LogP contribution is -2.37. The molecule has 0 radical (unpaired) electrons. The quantitative estimate of drug-likeness (QED) is 0.316. The first-order chi connectivity index (χ1) is 20.8. The molecule has 2 amide bonds. The minimum absolute atomic E-state index is 0.0683. The molecular formula is C27H31N9O4. The van der Waals surface area contributed by atoms with E-state index in [2.05, 4.69) is 25.5 Å². The SMILES string of the molecule is [2H]C1(NC(=O)OC)CCC(n2c(=O)n(C([2H])([2H])[2H])c3cnc(Nc4ccc5cnn(C6(C(N)=O)CC6C6CC6)c5n4)cc32)C1. The Morgan fingerprint density at radius 2 is 2.05 bits per heavy atom. The van der Waals surface area contributed by atoms with Gasteiger partial charge in [-0.1, -0.05) is 0 Å². The standard InChI is InChI=1S/C27H31N9O4/c1-34-20-13-29-22(10-19(20)35(26(34)39)17-7-6-16(9-17)31-25(38)40-2)32-21-8-5-15-12-30-36(23(15)33-21)27(24(28)37)11-18(27)14-3-4-14/h5,8,10,12-14,16-18H,3-4,6-7,9,11H2,1-2H3,(H2,28,37)(H,31,38)(H,29,32,33)/i1D3,16D. The van der Waals surface area contributed by atoms with Gasteiger partial charge < -0.3 is 21.1 Å². The fourth-order valence-electron chi connectivity index (χ4n) is 6.26. The number of nitrogens with one attached hydrogen (secondary N) is 2. The summed E-state index contributed by atoms with van der Waals surface area (Å²) in [6.45, 7) is -2.78. The first-order valence-electron chi connectivity index (χ1n) is 15.3. The second-order valence-electron chi connectivity index (χ2n) is 10.9. The number of primary amides is 1. The summed E-state index contributed by atoms with van der Waals surface area (Å²) in [4.78, 5) is 47.1. The number of carbonyl (C=O) groups excluding carboxylic acids is 2. The van der Waals surface area contributed by atoms with E-state index >= 15 is 0 Å². The molecule has 3 saturated carbocycles. The molecule has 4 aromatic rings. The number of ether oxygens (including phenoxy) is 1. The fraction of sp³-hybridized carbons (Fsp3) is 0.481. The van der Waals surface area contributed by atoms with Gasteiger partial charge in [-0.25, -0.2) is 24.2 Å². The van der Waals surface area contributed by atoms with Crippen molar-refractivity contribution in [2.45, 2.75) is 56.1 Å². The molecule has 4 heterocycles. The monoisotopic (exact) mass is 549 g/mol. The van der Waals surface area contributed by atoms with Gasteiger partial charge in [0.25, 0.3) is 0 Å². The third-order valence-corrected chi connectivity index (χ3v) is 8.50. The van der Waals surface area contributed by atoms with E-state index in [4.69, 9.17) is 16.2 Å². The summed E-state index contributed by atoms with van der Waals surface area (Å²) in [5, 5.41) is 10.9. The van der Waals surface area contributed by atoms with Crippen LogP contribution in [0.2, 0.25) is 0 Å². The molecule has 208 valence electrons. The van der Waals surface area contributed by atoms with E-state index in [1.165, 1.54) is 17.9 Å². The van der Waals surface area contributed by atoms with Crippen LogP contribution in [0.25, 0.3) is 22.1 Å². The van der Waals surface area contributed by atoms with Crippen molar-refractivity contribution in [1.29, 1.82) is 0 Å². The normalized spacial score (nSPS) is 29.4. The lowest BCUT2D eigenvalue weighted by atomic mass is 10.1. The number of methoxy groups -OCH3 is 1. The average Bonchev–Trinajstić information content (AvgIpc) is 3.83. The first-order valence-corrected chi connectivity index (χ1v) is 13.3. The number of hydrogen-bond acceptors (Lipinski definition) is 8. The maximum atomic E-state index is 13.6. The second-order valence-corrected chi connectivity index (χ2v) is 10.9. The highest BCUT2D eigenvalue weighted by Crippen LogP contribution is 2.61. The van der Waals surface area contributed by atoms with Crippen molar-refractivity contribution >= 4 is 45.7 Å². The number of nitrogens with two attached hydrogens (primary N) is 1. The fourth-order valence-corrected chi connectivity index (χ4v) is 6.26. The van der Waals surface area contributed by atoms with Crippen LogP contribution in [0.1, 0.15) is 50.0 Å². The molecule has 0 bridgehead atoms. The second kappa shape index (κ2) is 8.80. The van der Waals surface area contributed by atoms with Crippen LogP contribution in [0.3, 0.4) is 0 Å². The van der Waals surface area contributed by atoms with Crippen LogP contribution in [0.4, 0.5) is 16.4 Å². The minimum Gasteiger partial charge on any atom is -0.453 e. The number of pyridine rings is 2. The smallest absolute Gasteiger partial charge is 0.407 e. The molecule has 3 fully saturated rings. The van der Waals surface area contributed by atoms with Crippen molar-refractivity contribution in [3.63, 3.8) is 0 Å². The number of fused-ring (bicyclic) bond motifs is 2. The van der Waals surface area contributed by atoms with Crippen LogP contribution in [0, 0.1) is 11.8 Å². The molecule has 0 spiro atoms. The topological polar surface area (TPSA) is 164 Å². The highest BCUT2D eigenvalue weighted by molar-refractivity contribution is 5.89. The Bertz CT molecular complexity index is 1900. The minimum atomic E-state index is -2.78. The number of aryl methyl sites for hydroxylation is 1. The van der Waals surface area contributed by atoms with E-state index < -0.39 is 42.3 Å². The highest BCUT2D eigenvalue weighted by Gasteiger charge is 2.66. The average molecular weight is 550 g/mol. The number of imidazole rings is 1. The molecule has 3 aliphatic rings. The van der Waals surface area contributed by atoms with Gasteiger partial charge in [-0.2, -0.15) is 5.10 Å². The molecule has 7 rings (SSSR count). The Morgan fingerprint density at radius 1 is 1.20 bits per heavy atom. The molecule has 13 nitrogen and oxygen atoms in total. The predicted octanol–water partition coefficient (Wildman–Crippen LogP) is 2.28. The number of anilines is 2. The van der Waals surface area contributed by atoms with Crippen molar-refractivity contribution < 1.29 is 19.8 Å². The summed E-state index contributed by atoms with van der Waals surface area (Å²) in [6.07, 6.45) is 5.65. The van der Waals surface area contributed by atoms with Crippen molar-refractivity contribution in [3.05, 3.63) is 41.1 Å². The van der Waals surface area contributed by atoms with Crippen molar-refractivity contribution in [3.8, 4) is 0 Å². The summed E-state index contributed by atoms with van der Waals surface area (Å²) in [6, 6.07) is 3.16. The summed E-state index contributed by atoms with van der Waals surface area (Å²) in [7, 11) is 1.20. The van der Waals surface area contributed by atoms with E-state index in [-0.39, 0.29) is 24.3 Å². The number of alkyl carbamates (subject to hydrolysis) is 1. The molecular weight excluding hydrogens is 514 g/mol. The van der Waals surface area contributed by atoms with Gasteiger partial charge in [0.1, 0.15) is 17.2 Å². The van der Waals surface area contributed by atoms with Crippen molar-refractivity contribution in [2.24, 2.45) is 24.5 Å². The Morgan fingerprint density at radius 3 is 2.80 bits per heavy atom. The Balaban J connectivity index is 1.25. The molecule has 40 heavy (non-hydrogen) atoms. The Labute approximate surface area is 234 Å².